The van der Waals surface area contributed by atoms with Gasteiger partial charge in [-0.3, -0.25) is 9.35 Å². The highest BCUT2D eigenvalue weighted by Crippen LogP contribution is 2.26. The smallest absolute Gasteiger partial charge is 0.397 e. The first-order valence-corrected chi connectivity index (χ1v) is 29.1. The van der Waals surface area contributed by atoms with Gasteiger partial charge in [0.15, 0.2) is 6.29 Å². The van der Waals surface area contributed by atoms with Crippen molar-refractivity contribution in [3.8, 4) is 0 Å². The average molecular weight is 1010 g/mol. The Kier molecular flexibility index (Phi) is 44.5. The van der Waals surface area contributed by atoms with Gasteiger partial charge in [-0.2, -0.15) is 8.42 Å². The number of aliphatic hydroxyl groups excluding tert-OH is 3. The van der Waals surface area contributed by atoms with Crippen LogP contribution in [0.4, 0.5) is 0 Å². The Hall–Kier alpha value is -2.46. The van der Waals surface area contributed by atoms with E-state index in [0.29, 0.717) is 13.0 Å². The van der Waals surface area contributed by atoms with Crippen LogP contribution in [-0.4, -0.2) is 97.5 Å². The summed E-state index contributed by atoms with van der Waals surface area (Å²) < 4.78 is 59.4. The van der Waals surface area contributed by atoms with Crippen LogP contribution >= 0.6 is 0 Å². The van der Waals surface area contributed by atoms with Gasteiger partial charge in [-0.1, -0.05) is 202 Å². The summed E-state index contributed by atoms with van der Waals surface area (Å²) in [5.74, 6) is -0.404. The van der Waals surface area contributed by atoms with Crippen LogP contribution in [0.25, 0.3) is 0 Å². The maximum absolute atomic E-state index is 12.9. The summed E-state index contributed by atoms with van der Waals surface area (Å²) in [5.41, 5.74) is 0. The molecular weight excluding hydrogens is 909 g/mol. The highest BCUT2D eigenvalue weighted by Gasteiger charge is 2.48. The van der Waals surface area contributed by atoms with Gasteiger partial charge in [0.05, 0.1) is 19.8 Å². The van der Waals surface area contributed by atoms with Crippen molar-refractivity contribution in [3.05, 3.63) is 72.9 Å². The summed E-state index contributed by atoms with van der Waals surface area (Å²) in [4.78, 5) is 12.9. The minimum atomic E-state index is -5.07. The third kappa shape index (κ3) is 40.1. The Morgan fingerprint density at radius 3 is 1.44 bits per heavy atom. The number of ether oxygens (including phenoxy) is 4. The lowest BCUT2D eigenvalue weighted by Crippen LogP contribution is -2.60. The molecule has 1 aliphatic heterocycles. The number of hydrogen-bond donors (Lipinski definition) is 4. The SMILES string of the molecule is CC/C=C\C/C=C\C/C=C\C/C=C\CCCCCCCCCCCCCCC(=O)OC(COCCCCCCCCCC/C=C\C/C=C\CCCCC)COC1OC(CO)C(O)C(OS(=O)(=O)O)C1O. The summed E-state index contributed by atoms with van der Waals surface area (Å²) in [6.45, 7) is 3.86. The summed E-state index contributed by atoms with van der Waals surface area (Å²) in [7, 11) is -5.07. The van der Waals surface area contributed by atoms with Gasteiger partial charge >= 0.3 is 16.4 Å². The normalized spacial score (nSPS) is 19.7. The first kappa shape index (κ1) is 65.6. The van der Waals surface area contributed by atoms with E-state index in [1.807, 2.05) is 0 Å². The van der Waals surface area contributed by atoms with Crippen molar-refractivity contribution >= 4 is 16.4 Å². The number of carbonyl (C=O) groups excluding carboxylic acids is 1. The molecule has 1 heterocycles. The van der Waals surface area contributed by atoms with E-state index in [0.717, 1.165) is 83.5 Å². The zero-order chi connectivity index (χ0) is 51.0. The highest BCUT2D eigenvalue weighted by molar-refractivity contribution is 7.80. The molecule has 0 aromatic rings. The molecule has 0 aromatic carbocycles. The standard InChI is InChI=1S/C57H100O12S/c1-3-5-7-9-11-13-15-17-19-21-23-24-25-26-27-28-29-30-32-34-36-38-40-42-44-46-53(59)67-51(50-66-57-55(61)56(69-70(62,63)64)54(60)52(48-58)68-57)49-65-47-45-43-41-39-37-35-33-31-22-20-18-16-14-12-10-8-6-4-2/h5,7,11-14,17-20,23-24,51-52,54-58,60-61H,3-4,6,8-10,15-16,21-22,25-50H2,1-2H3,(H,62,63,64)/b7-5-,13-11-,14-12-,19-17-,20-18-,24-23-. The number of esters is 1. The zero-order valence-corrected chi connectivity index (χ0v) is 44.6. The minimum absolute atomic E-state index is 0.0290. The predicted octanol–water partition coefficient (Wildman–Crippen LogP) is 13.4. The van der Waals surface area contributed by atoms with E-state index < -0.39 is 59.8 Å². The lowest BCUT2D eigenvalue weighted by Gasteiger charge is -2.41. The summed E-state index contributed by atoms with van der Waals surface area (Å²) in [6.07, 6.45) is 53.6. The molecule has 1 rings (SSSR count). The number of hydrogen-bond acceptors (Lipinski definition) is 11. The molecule has 6 atom stereocenters. The Labute approximate surface area is 426 Å². The predicted molar refractivity (Wildman–Crippen MR) is 285 cm³/mol. The van der Waals surface area contributed by atoms with Gasteiger partial charge in [0.2, 0.25) is 0 Å². The molecule has 0 aromatic heterocycles. The van der Waals surface area contributed by atoms with E-state index >= 15 is 0 Å². The fraction of sp³-hybridized carbons (Fsp3) is 0.772. The minimum Gasteiger partial charge on any atom is -0.457 e. The van der Waals surface area contributed by atoms with Crippen molar-refractivity contribution in [2.75, 3.05) is 26.4 Å². The number of allylic oxidation sites excluding steroid dienone is 12. The Bertz CT molecular complexity index is 1490. The quantitative estimate of drug-likeness (QED) is 0.0197. The summed E-state index contributed by atoms with van der Waals surface area (Å²) >= 11 is 0. The number of carbonyl (C=O) groups is 1. The molecule has 1 saturated heterocycles. The fourth-order valence-electron chi connectivity index (χ4n) is 8.17. The van der Waals surface area contributed by atoms with E-state index in [1.54, 1.807) is 0 Å². The average Bonchev–Trinajstić information content (AvgIpc) is 3.34. The Balaban J connectivity index is 2.31. The Morgan fingerprint density at radius 1 is 0.557 bits per heavy atom. The van der Waals surface area contributed by atoms with Gasteiger partial charge < -0.3 is 34.3 Å². The molecule has 1 fully saturated rings. The van der Waals surface area contributed by atoms with E-state index in [9.17, 15) is 33.1 Å². The molecule has 406 valence electrons. The van der Waals surface area contributed by atoms with Gasteiger partial charge in [0.1, 0.15) is 30.5 Å². The van der Waals surface area contributed by atoms with Crippen LogP contribution in [0.1, 0.15) is 219 Å². The third-order valence-corrected chi connectivity index (χ3v) is 12.8. The molecule has 0 spiro atoms. The largest absolute Gasteiger partial charge is 0.457 e. The van der Waals surface area contributed by atoms with Gasteiger partial charge in [0, 0.05) is 13.0 Å². The van der Waals surface area contributed by atoms with Crippen molar-refractivity contribution < 1.29 is 56.2 Å². The second-order valence-corrected chi connectivity index (χ2v) is 19.8. The maximum Gasteiger partial charge on any atom is 0.397 e. The van der Waals surface area contributed by atoms with Crippen molar-refractivity contribution in [2.24, 2.45) is 0 Å². The number of aliphatic hydroxyl groups is 3. The van der Waals surface area contributed by atoms with Crippen LogP contribution < -0.4 is 0 Å². The molecule has 0 radical (unpaired) electrons. The van der Waals surface area contributed by atoms with E-state index in [1.165, 1.54) is 109 Å². The molecule has 12 nitrogen and oxygen atoms in total. The lowest BCUT2D eigenvalue weighted by atomic mass is 9.99. The molecule has 0 bridgehead atoms. The van der Waals surface area contributed by atoms with E-state index in [4.69, 9.17) is 18.9 Å². The summed E-state index contributed by atoms with van der Waals surface area (Å²) in [5, 5.41) is 30.8. The van der Waals surface area contributed by atoms with Gasteiger partial charge in [-0.25, -0.2) is 4.18 Å². The molecule has 0 saturated carbocycles. The van der Waals surface area contributed by atoms with Crippen molar-refractivity contribution in [2.45, 2.75) is 256 Å². The second kappa shape index (κ2) is 47.5. The van der Waals surface area contributed by atoms with Crippen LogP contribution in [0.2, 0.25) is 0 Å². The lowest BCUT2D eigenvalue weighted by molar-refractivity contribution is -0.301. The maximum atomic E-state index is 12.9. The second-order valence-electron chi connectivity index (χ2n) is 18.8. The molecule has 70 heavy (non-hydrogen) atoms. The molecule has 1 aliphatic rings. The monoisotopic (exact) mass is 1010 g/mol. The molecular formula is C57H100O12S. The molecule has 6 unspecified atom stereocenters. The van der Waals surface area contributed by atoms with Crippen LogP contribution in [0.5, 0.6) is 0 Å². The van der Waals surface area contributed by atoms with Crippen LogP contribution in [0.3, 0.4) is 0 Å². The molecule has 0 amide bonds. The van der Waals surface area contributed by atoms with Crippen molar-refractivity contribution in [1.29, 1.82) is 0 Å². The van der Waals surface area contributed by atoms with E-state index in [2.05, 4.69) is 90.9 Å². The van der Waals surface area contributed by atoms with E-state index in [-0.39, 0.29) is 19.6 Å². The third-order valence-electron chi connectivity index (χ3n) is 12.3. The first-order valence-electron chi connectivity index (χ1n) is 27.7. The van der Waals surface area contributed by atoms with Crippen molar-refractivity contribution in [1.82, 2.24) is 0 Å². The highest BCUT2D eigenvalue weighted by atomic mass is 32.3. The topological polar surface area (TPSA) is 178 Å². The molecule has 0 aliphatic carbocycles. The molecule has 13 heteroatoms. The fourth-order valence-corrected chi connectivity index (χ4v) is 8.67. The van der Waals surface area contributed by atoms with Gasteiger partial charge in [-0.15, -0.1) is 0 Å². The number of unbranched alkanes of at least 4 members (excludes halogenated alkanes) is 23. The summed E-state index contributed by atoms with van der Waals surface area (Å²) in [6, 6.07) is 0. The number of rotatable bonds is 48. The zero-order valence-electron chi connectivity index (χ0n) is 43.8. The first-order chi connectivity index (χ1) is 34.1. The molecule has 4 N–H and O–H groups in total. The van der Waals surface area contributed by atoms with Crippen LogP contribution in [0, 0.1) is 0 Å². The van der Waals surface area contributed by atoms with Crippen molar-refractivity contribution in [3.63, 3.8) is 0 Å². The Morgan fingerprint density at radius 2 is 0.986 bits per heavy atom. The van der Waals surface area contributed by atoms with Crippen LogP contribution in [0.15, 0.2) is 72.9 Å². The van der Waals surface area contributed by atoms with Gasteiger partial charge in [0.25, 0.3) is 0 Å². The van der Waals surface area contributed by atoms with Crippen LogP contribution in [-0.2, 0) is 38.3 Å². The van der Waals surface area contributed by atoms with Gasteiger partial charge in [-0.05, 0) is 83.5 Å².